The molecule has 4 atom stereocenters. The van der Waals surface area contributed by atoms with E-state index in [1.807, 2.05) is 28.4 Å². The smallest absolute Gasteiger partial charge is 0.122 e. The fourth-order valence-corrected chi connectivity index (χ4v) is 10.4. The molecule has 4 heterocycles. The van der Waals surface area contributed by atoms with Crippen molar-refractivity contribution in [2.24, 2.45) is 0 Å². The lowest BCUT2D eigenvalue weighted by molar-refractivity contribution is 0.0499. The minimum absolute atomic E-state index is 0.0482. The Morgan fingerprint density at radius 2 is 0.550 bits per heavy atom. The molecule has 0 aromatic heterocycles. The zero-order valence-corrected chi connectivity index (χ0v) is 37.5. The molecular weight excluding hydrogens is 753 g/mol. The van der Waals surface area contributed by atoms with Crippen molar-refractivity contribution < 1.29 is 37.9 Å². The lowest BCUT2D eigenvalue weighted by Gasteiger charge is -2.31. The van der Waals surface area contributed by atoms with E-state index in [1.165, 1.54) is 66.8 Å². The Morgan fingerprint density at radius 3 is 0.733 bits per heavy atom. The van der Waals surface area contributed by atoms with Crippen molar-refractivity contribution in [3.8, 4) is 23.0 Å². The van der Waals surface area contributed by atoms with Gasteiger partial charge in [-0.25, -0.2) is 0 Å². The summed E-state index contributed by atoms with van der Waals surface area (Å²) in [6, 6.07) is 19.1. The van der Waals surface area contributed by atoms with Gasteiger partial charge in [0, 0.05) is 45.9 Å². The van der Waals surface area contributed by atoms with Crippen LogP contribution in [0.25, 0.3) is 0 Å². The molecule has 4 aromatic rings. The molecule has 1 aliphatic carbocycles. The van der Waals surface area contributed by atoms with E-state index < -0.39 is 0 Å². The highest BCUT2D eigenvalue weighted by Gasteiger charge is 2.32. The minimum Gasteiger partial charge on any atom is -0.496 e. The molecule has 4 aliphatic heterocycles. The van der Waals surface area contributed by atoms with E-state index in [0.717, 1.165) is 74.4 Å². The molecule has 10 bridgehead atoms. The summed E-state index contributed by atoms with van der Waals surface area (Å²) in [7, 11) is 7.26. The van der Waals surface area contributed by atoms with Crippen LogP contribution in [0, 0.1) is 0 Å². The highest BCUT2D eigenvalue weighted by atomic mass is 16.5. The molecule has 0 spiro atoms. The van der Waals surface area contributed by atoms with Crippen LogP contribution in [0.5, 0.6) is 23.0 Å². The van der Waals surface area contributed by atoms with Crippen molar-refractivity contribution >= 4 is 0 Å². The van der Waals surface area contributed by atoms with Gasteiger partial charge in [0.25, 0.3) is 0 Å². The van der Waals surface area contributed by atoms with Crippen LogP contribution >= 0.6 is 0 Å². The van der Waals surface area contributed by atoms with Gasteiger partial charge < -0.3 is 37.9 Å². The first-order chi connectivity index (χ1) is 29.4. The highest BCUT2D eigenvalue weighted by molar-refractivity contribution is 5.60. The van der Waals surface area contributed by atoms with E-state index in [2.05, 4.69) is 76.2 Å². The van der Waals surface area contributed by atoms with Crippen molar-refractivity contribution in [3.63, 3.8) is 0 Å². The number of rotatable bonds is 8. The third-order valence-corrected chi connectivity index (χ3v) is 13.4. The van der Waals surface area contributed by atoms with Crippen LogP contribution in [0.1, 0.15) is 144 Å². The Labute approximate surface area is 359 Å². The summed E-state index contributed by atoms with van der Waals surface area (Å²) in [5, 5.41) is 0. The van der Waals surface area contributed by atoms with E-state index in [1.54, 1.807) is 0 Å². The summed E-state index contributed by atoms with van der Waals surface area (Å²) < 4.78 is 50.5. The van der Waals surface area contributed by atoms with Gasteiger partial charge in [0.15, 0.2) is 0 Å². The van der Waals surface area contributed by atoms with Gasteiger partial charge in [0.2, 0.25) is 0 Å². The summed E-state index contributed by atoms with van der Waals surface area (Å²) in [4.78, 5) is 0. The maximum atomic E-state index is 6.40. The molecule has 4 aromatic carbocycles. The van der Waals surface area contributed by atoms with Crippen LogP contribution in [0.3, 0.4) is 0 Å². The van der Waals surface area contributed by atoms with Gasteiger partial charge in [0.05, 0.1) is 81.3 Å². The molecular formula is C52H68O8. The molecule has 1 unspecified atom stereocenters. The summed E-state index contributed by atoms with van der Waals surface area (Å²) in [5.74, 6) is 3.86. The summed E-state index contributed by atoms with van der Waals surface area (Å²) >= 11 is 0. The largest absolute Gasteiger partial charge is 0.496 e. The lowest BCUT2D eigenvalue weighted by Crippen LogP contribution is -2.16. The SMILES string of the molecule is CCC1c2cc3c(OC)cc2CCOCCOCCc2cc(OC)c(cc2[C@H]3CC)[C@H](CC)c2cc3c(OC)cc2CCOCCOCCc2cc(OC)c1cc2[C@H]3CC. The maximum absolute atomic E-state index is 6.40. The standard InChI is InChI=1S/C52H68O8/c1-9-37-41-29-47-40(12-4)44-32-46-38(10-2)42-30-48(52(56-8)26-34(42)14-18-58-22-24-60-20-16-36(44)28-50(46)54-6)39(11-3)43-31-45(37)49(53-5)27-35(43)15-19-59-23-21-57-17-13-33(41)25-51(47)55-7/h25-32,37-40H,9-24H2,1-8H3/t37-,38-,39-,40?/m1/s1. The second-order valence-corrected chi connectivity index (χ2v) is 16.5. The van der Waals surface area contributed by atoms with Crippen LogP contribution < -0.4 is 18.9 Å². The van der Waals surface area contributed by atoms with Crippen molar-refractivity contribution in [2.75, 3.05) is 81.3 Å². The van der Waals surface area contributed by atoms with Gasteiger partial charge in [-0.3, -0.25) is 0 Å². The lowest BCUT2D eigenvalue weighted by atomic mass is 9.75. The molecule has 0 amide bonds. The van der Waals surface area contributed by atoms with Gasteiger partial charge in [-0.1, -0.05) is 52.0 Å². The fourth-order valence-electron chi connectivity index (χ4n) is 10.4. The number of ether oxygens (including phenoxy) is 8. The number of hydrogen-bond acceptors (Lipinski definition) is 8. The Hall–Kier alpha value is -4.08. The molecule has 324 valence electrons. The average molecular weight is 821 g/mol. The Kier molecular flexibility index (Phi) is 15.1. The molecule has 0 N–H and O–H groups in total. The third kappa shape index (κ3) is 8.95. The zero-order chi connectivity index (χ0) is 42.2. The molecule has 60 heavy (non-hydrogen) atoms. The number of methoxy groups -OCH3 is 4. The summed E-state index contributed by atoms with van der Waals surface area (Å²) in [6.45, 7) is 13.8. The quantitative estimate of drug-likeness (QED) is 0.174. The van der Waals surface area contributed by atoms with E-state index in [-0.39, 0.29) is 23.7 Å². The fraction of sp³-hybridized carbons (Fsp3) is 0.538. The van der Waals surface area contributed by atoms with Gasteiger partial charge in [-0.15, -0.1) is 0 Å². The van der Waals surface area contributed by atoms with Gasteiger partial charge >= 0.3 is 0 Å². The van der Waals surface area contributed by atoms with Crippen LogP contribution in [0.4, 0.5) is 0 Å². The minimum atomic E-state index is 0.0482. The van der Waals surface area contributed by atoms with Gasteiger partial charge in [-0.05, 0) is 120 Å². The van der Waals surface area contributed by atoms with Crippen molar-refractivity contribution in [2.45, 2.75) is 103 Å². The van der Waals surface area contributed by atoms with Gasteiger partial charge in [0.1, 0.15) is 23.0 Å². The van der Waals surface area contributed by atoms with Crippen LogP contribution in [0.15, 0.2) is 48.5 Å². The van der Waals surface area contributed by atoms with E-state index in [9.17, 15) is 0 Å². The Morgan fingerprint density at radius 1 is 0.333 bits per heavy atom. The first-order valence-electron chi connectivity index (χ1n) is 22.6. The summed E-state index contributed by atoms with van der Waals surface area (Å²) in [6.07, 6.45) is 6.59. The first-order valence-corrected chi connectivity index (χ1v) is 22.6. The van der Waals surface area contributed by atoms with Crippen LogP contribution in [-0.4, -0.2) is 81.3 Å². The van der Waals surface area contributed by atoms with E-state index in [4.69, 9.17) is 37.9 Å². The normalized spacial score (nSPS) is 21.2. The topological polar surface area (TPSA) is 73.8 Å². The molecule has 0 saturated heterocycles. The van der Waals surface area contributed by atoms with E-state index >= 15 is 0 Å². The average Bonchev–Trinajstić information content (AvgIpc) is 3.28. The predicted molar refractivity (Wildman–Crippen MR) is 239 cm³/mol. The predicted octanol–water partition coefficient (Wildman–Crippen LogP) is 10.5. The molecule has 0 fully saturated rings. The monoisotopic (exact) mass is 820 g/mol. The van der Waals surface area contributed by atoms with Crippen molar-refractivity contribution in [3.05, 3.63) is 115 Å². The molecule has 0 radical (unpaired) electrons. The summed E-state index contributed by atoms with van der Waals surface area (Å²) in [5.41, 5.74) is 14.9. The van der Waals surface area contributed by atoms with E-state index in [0.29, 0.717) is 52.9 Å². The Bertz CT molecular complexity index is 1910. The second kappa shape index (κ2) is 20.7. The molecule has 0 saturated carbocycles. The van der Waals surface area contributed by atoms with Crippen molar-refractivity contribution in [1.29, 1.82) is 0 Å². The first kappa shape index (κ1) is 44.0. The number of fused-ring (bicyclic) bond motifs is 18. The molecule has 8 heteroatoms. The highest BCUT2D eigenvalue weighted by Crippen LogP contribution is 2.49. The maximum Gasteiger partial charge on any atom is 0.122 e. The number of hydrogen-bond donors (Lipinski definition) is 0. The van der Waals surface area contributed by atoms with Crippen LogP contribution in [0.2, 0.25) is 0 Å². The number of benzene rings is 4. The second-order valence-electron chi connectivity index (χ2n) is 16.5. The third-order valence-electron chi connectivity index (χ3n) is 13.4. The van der Waals surface area contributed by atoms with Crippen molar-refractivity contribution in [1.82, 2.24) is 0 Å². The zero-order valence-electron chi connectivity index (χ0n) is 37.5. The van der Waals surface area contributed by atoms with Crippen LogP contribution in [-0.2, 0) is 44.6 Å². The molecule has 9 rings (SSSR count). The molecule has 8 nitrogen and oxygen atoms in total. The molecule has 5 aliphatic rings. The van der Waals surface area contributed by atoms with Gasteiger partial charge in [-0.2, -0.15) is 0 Å². The Balaban J connectivity index is 1.65.